The fourth-order valence-electron chi connectivity index (χ4n) is 13.4. The number of hydrogen-bond acceptors (Lipinski definition) is 8. The van der Waals surface area contributed by atoms with Crippen LogP contribution in [-0.4, -0.2) is 56.3 Å². The molecule has 0 saturated heterocycles. The van der Waals surface area contributed by atoms with Gasteiger partial charge in [-0.15, -0.1) is 0 Å². The van der Waals surface area contributed by atoms with Gasteiger partial charge in [0, 0.05) is 59.6 Å². The standard InChI is InChI=1S/C39H55NO7.C10H22NO2.V/c1-35(2)29-11-15-39(6)32(28(41)21-26-25-18-23(33(43)44)10-13-36(25,3)16-17-38(26,39)5)37(29,4)14-12-30(35)47-31(42)20-24(34(45)46)19-27(40)22-8-7-9-22;1-6-9(4,12)8(3)10(5,7-2)13-11;/h20-21,23,25,29-30,32H,7-19,40H2,1-6H3,(H,43,44)(H,45,46);8,11-12H,6-7H2,1-5H3;/q;-1;/b24-20-;;. The van der Waals surface area contributed by atoms with Crippen LogP contribution in [0, 0.1) is 56.7 Å². The number of carbonyl (C=O) groups is 4. The minimum Gasteiger partial charge on any atom is -0.549 e. The third-order valence-electron chi connectivity index (χ3n) is 18.7. The number of carboxylic acid groups (broad SMARTS) is 2. The van der Waals surface area contributed by atoms with Crippen molar-refractivity contribution >= 4 is 23.7 Å². The van der Waals surface area contributed by atoms with Gasteiger partial charge in [0.1, 0.15) is 6.10 Å². The van der Waals surface area contributed by atoms with Crippen LogP contribution in [0.1, 0.15) is 172 Å². The van der Waals surface area contributed by atoms with Crippen LogP contribution >= 0.6 is 0 Å². The summed E-state index contributed by atoms with van der Waals surface area (Å²) >= 11 is 0. The zero-order chi connectivity index (χ0) is 45.0. The first-order valence-corrected chi connectivity index (χ1v) is 22.9. The number of ether oxygens (including phenoxy) is 1. The number of ketones is 1. The number of fused-ring (bicyclic) bond motifs is 7. The van der Waals surface area contributed by atoms with Gasteiger partial charge in [-0.05, 0) is 143 Å². The second-order valence-corrected chi connectivity index (χ2v) is 21.9. The minimum absolute atomic E-state index is 0. The summed E-state index contributed by atoms with van der Waals surface area (Å²) in [6, 6.07) is 0. The van der Waals surface area contributed by atoms with Crippen LogP contribution in [0.5, 0.6) is 0 Å². The molecule has 0 aromatic carbocycles. The monoisotopic (exact) mass is 889 g/mol. The molecule has 5 fully saturated rings. The molecule has 5 saturated carbocycles. The molecule has 0 aromatic heterocycles. The molecule has 0 spiro atoms. The van der Waals surface area contributed by atoms with E-state index in [1.54, 1.807) is 6.92 Å². The third-order valence-corrected chi connectivity index (χ3v) is 18.7. The molecule has 61 heavy (non-hydrogen) atoms. The number of aliphatic hydroxyl groups is 1. The summed E-state index contributed by atoms with van der Waals surface area (Å²) in [4.78, 5) is 56.6. The van der Waals surface area contributed by atoms with E-state index in [-0.39, 0.29) is 87.6 Å². The molecule has 12 atom stereocenters. The number of hydrogen-bond donors (Lipinski definition) is 4. The smallest absolute Gasteiger partial charge is 0.332 e. The predicted molar refractivity (Wildman–Crippen MR) is 232 cm³/mol. The van der Waals surface area contributed by atoms with Crippen LogP contribution < -0.4 is 5.73 Å². The first-order valence-electron chi connectivity index (χ1n) is 22.9. The van der Waals surface area contributed by atoms with Crippen molar-refractivity contribution < 1.29 is 62.6 Å². The summed E-state index contributed by atoms with van der Waals surface area (Å²) in [6.45, 7) is 23.1. The van der Waals surface area contributed by atoms with E-state index in [0.717, 1.165) is 75.9 Å². The molecular weight excluding hydrogens is 811 g/mol. The number of aliphatic carboxylic acids is 2. The van der Waals surface area contributed by atoms with Crippen LogP contribution in [0.4, 0.5) is 0 Å². The molecule has 0 bridgehead atoms. The van der Waals surface area contributed by atoms with Crippen molar-refractivity contribution in [1.29, 1.82) is 0 Å². The Morgan fingerprint density at radius 1 is 0.967 bits per heavy atom. The van der Waals surface area contributed by atoms with E-state index in [4.69, 9.17) is 21.2 Å². The fourth-order valence-corrected chi connectivity index (χ4v) is 13.4. The number of allylic oxidation sites excluding steroid dienone is 4. The molecule has 6 aliphatic carbocycles. The average molecular weight is 889 g/mol. The van der Waals surface area contributed by atoms with Crippen molar-refractivity contribution in [2.45, 2.75) is 190 Å². The summed E-state index contributed by atoms with van der Waals surface area (Å²) < 4.78 is 6.08. The molecule has 343 valence electrons. The third kappa shape index (κ3) is 8.99. The van der Waals surface area contributed by atoms with Gasteiger partial charge in [-0.1, -0.05) is 73.5 Å². The molecule has 6 rings (SSSR count). The van der Waals surface area contributed by atoms with Crippen molar-refractivity contribution in [2.75, 3.05) is 0 Å². The molecule has 1 radical (unpaired) electrons. The van der Waals surface area contributed by atoms with Crippen molar-refractivity contribution in [3.63, 3.8) is 0 Å². The van der Waals surface area contributed by atoms with Crippen LogP contribution in [0.2, 0.25) is 0 Å². The zero-order valence-electron chi connectivity index (χ0n) is 39.0. The fraction of sp³-hybridized carbons (Fsp3) is 0.796. The van der Waals surface area contributed by atoms with E-state index in [1.165, 1.54) is 5.57 Å². The Bertz CT molecular complexity index is 1790. The van der Waals surface area contributed by atoms with E-state index in [0.29, 0.717) is 31.4 Å². The number of esters is 1. The van der Waals surface area contributed by atoms with E-state index in [1.807, 2.05) is 33.8 Å². The van der Waals surface area contributed by atoms with Gasteiger partial charge in [0.05, 0.1) is 17.1 Å². The number of carboxylic acids is 2. The van der Waals surface area contributed by atoms with Gasteiger partial charge in [0.15, 0.2) is 5.78 Å². The first-order chi connectivity index (χ1) is 27.7. The van der Waals surface area contributed by atoms with Crippen molar-refractivity contribution in [1.82, 2.24) is 0 Å². The molecule has 0 heterocycles. The molecule has 12 unspecified atom stereocenters. The van der Waals surface area contributed by atoms with Crippen LogP contribution in [0.15, 0.2) is 34.6 Å². The number of rotatable bonds is 11. The van der Waals surface area contributed by atoms with E-state index in [2.05, 4.69) is 41.5 Å². The average Bonchev–Trinajstić information content (AvgIpc) is 3.15. The Kier molecular flexibility index (Phi) is 15.3. The quantitative estimate of drug-likeness (QED) is 0.0880. The minimum atomic E-state index is -1.17. The second-order valence-electron chi connectivity index (χ2n) is 21.9. The SMILES string of the molecule is CC12CCC(C(=O)O)CC1C1=CC(=O)C3C4(C)CCC(OC(=O)/C=C(/CC(N)=C5CCC5)C(=O)O)C(C)(C)C4CCC3(C)C1(C)CC2.CCC(C)(O)C(C)C(C)(CC)O[NH-].[V]. The Morgan fingerprint density at radius 2 is 1.61 bits per heavy atom. The number of nitrogens with one attached hydrogen (secondary N) is 1. The summed E-state index contributed by atoms with van der Waals surface area (Å²) in [5.74, 6) is 4.33. The Balaban J connectivity index is 0.000000507. The van der Waals surface area contributed by atoms with Gasteiger partial charge < -0.3 is 36.5 Å². The molecule has 0 aliphatic heterocycles. The molecule has 6 aliphatic rings. The normalized spacial score (nSPS) is 37.6. The molecule has 12 heteroatoms. The summed E-state index contributed by atoms with van der Waals surface area (Å²) in [6.07, 6.45) is 14.3. The predicted octanol–water partition coefficient (Wildman–Crippen LogP) is 10.3. The van der Waals surface area contributed by atoms with Crippen molar-refractivity contribution in [2.24, 2.45) is 62.4 Å². The van der Waals surface area contributed by atoms with Gasteiger partial charge in [-0.2, -0.15) is 0 Å². The summed E-state index contributed by atoms with van der Waals surface area (Å²) in [5.41, 5.74) is 6.45. The maximum Gasteiger partial charge on any atom is 0.332 e. The van der Waals surface area contributed by atoms with Gasteiger partial charge in [0.25, 0.3) is 0 Å². The van der Waals surface area contributed by atoms with Crippen LogP contribution in [-0.2, 0) is 47.3 Å². The molecule has 0 amide bonds. The van der Waals surface area contributed by atoms with Gasteiger partial charge in [-0.25, -0.2) is 9.59 Å². The summed E-state index contributed by atoms with van der Waals surface area (Å²) in [5, 5.41) is 29.8. The Morgan fingerprint density at radius 3 is 2.13 bits per heavy atom. The van der Waals surface area contributed by atoms with Gasteiger partial charge in [-0.3, -0.25) is 9.59 Å². The number of nitrogens with two attached hydrogens (primary N) is 1. The Labute approximate surface area is 377 Å². The van der Waals surface area contributed by atoms with Crippen LogP contribution in [0.3, 0.4) is 0 Å². The molecular formula is C49H77N2O9V-. The van der Waals surface area contributed by atoms with Crippen LogP contribution in [0.25, 0.3) is 5.90 Å². The van der Waals surface area contributed by atoms with E-state index in [9.17, 15) is 34.5 Å². The van der Waals surface area contributed by atoms with Crippen molar-refractivity contribution in [3.05, 3.63) is 40.5 Å². The maximum atomic E-state index is 14.5. The molecule has 6 N–H and O–H groups in total. The largest absolute Gasteiger partial charge is 0.549 e. The van der Waals surface area contributed by atoms with E-state index >= 15 is 0 Å². The second kappa shape index (κ2) is 18.2. The Hall–Kier alpha value is -2.44. The van der Waals surface area contributed by atoms with Gasteiger partial charge in [0.2, 0.25) is 0 Å². The zero-order valence-corrected chi connectivity index (χ0v) is 40.4. The maximum absolute atomic E-state index is 14.5. The molecule has 11 nitrogen and oxygen atoms in total. The summed E-state index contributed by atoms with van der Waals surface area (Å²) in [7, 11) is 0. The van der Waals surface area contributed by atoms with Crippen molar-refractivity contribution in [3.8, 4) is 0 Å². The first kappa shape index (κ1) is 51.2. The molecule has 0 aromatic rings. The topological polar surface area (TPSA) is 197 Å². The van der Waals surface area contributed by atoms with E-state index < -0.39 is 40.6 Å². The number of carbonyl (C=O) groups excluding carboxylic acids is 2. The van der Waals surface area contributed by atoms with Gasteiger partial charge >= 0.3 is 17.9 Å².